The molecule has 0 fully saturated rings. The van der Waals surface area contributed by atoms with E-state index >= 15 is 0 Å². The number of benzene rings is 1. The standard InChI is InChI=1S/C16H19N3O3S/c1-11-16(12(2)19(3)18-11)17-14(20)9-22-15(21)10-23-13-7-5-4-6-8-13/h4-8H,9-10H2,1-3H3,(H,17,20). The number of anilines is 1. The molecular weight excluding hydrogens is 314 g/mol. The zero-order chi connectivity index (χ0) is 16.8. The maximum atomic E-state index is 11.9. The smallest absolute Gasteiger partial charge is 0.316 e. The SMILES string of the molecule is Cc1nn(C)c(C)c1NC(=O)COC(=O)CSc1ccccc1. The molecule has 2 aromatic rings. The van der Waals surface area contributed by atoms with Gasteiger partial charge in [-0.25, -0.2) is 0 Å². The highest BCUT2D eigenvalue weighted by Crippen LogP contribution is 2.18. The number of nitrogens with zero attached hydrogens (tertiary/aromatic N) is 2. The Kier molecular flexibility index (Phi) is 5.81. The Morgan fingerprint density at radius 3 is 2.57 bits per heavy atom. The number of carbonyl (C=O) groups excluding carboxylic acids is 2. The van der Waals surface area contributed by atoms with Crippen molar-refractivity contribution in [3.05, 3.63) is 41.7 Å². The first-order chi connectivity index (χ1) is 11.0. The largest absolute Gasteiger partial charge is 0.455 e. The molecule has 1 amide bonds. The summed E-state index contributed by atoms with van der Waals surface area (Å²) >= 11 is 1.37. The van der Waals surface area contributed by atoms with Crippen molar-refractivity contribution in [3.63, 3.8) is 0 Å². The zero-order valence-corrected chi connectivity index (χ0v) is 14.1. The molecule has 122 valence electrons. The number of esters is 1. The third-order valence-electron chi connectivity index (χ3n) is 3.24. The van der Waals surface area contributed by atoms with E-state index in [-0.39, 0.29) is 18.3 Å². The van der Waals surface area contributed by atoms with Crippen LogP contribution >= 0.6 is 11.8 Å². The van der Waals surface area contributed by atoms with Crippen molar-refractivity contribution in [2.45, 2.75) is 18.7 Å². The first-order valence-corrected chi connectivity index (χ1v) is 8.09. The first-order valence-electron chi connectivity index (χ1n) is 7.11. The molecule has 2 rings (SSSR count). The van der Waals surface area contributed by atoms with Crippen LogP contribution in [0.5, 0.6) is 0 Å². The van der Waals surface area contributed by atoms with E-state index in [0.717, 1.165) is 16.3 Å². The third kappa shape index (κ3) is 4.85. The summed E-state index contributed by atoms with van der Waals surface area (Å²) in [4.78, 5) is 24.5. The number of carbonyl (C=O) groups is 2. The van der Waals surface area contributed by atoms with Crippen LogP contribution in [0.4, 0.5) is 5.69 Å². The van der Waals surface area contributed by atoms with Gasteiger partial charge in [-0.15, -0.1) is 11.8 Å². The summed E-state index contributed by atoms with van der Waals surface area (Å²) in [6.07, 6.45) is 0. The molecule has 0 unspecified atom stereocenters. The summed E-state index contributed by atoms with van der Waals surface area (Å²) < 4.78 is 6.67. The van der Waals surface area contributed by atoms with Gasteiger partial charge in [0.25, 0.3) is 5.91 Å². The summed E-state index contributed by atoms with van der Waals surface area (Å²) in [6.45, 7) is 3.37. The van der Waals surface area contributed by atoms with E-state index in [9.17, 15) is 9.59 Å². The normalized spacial score (nSPS) is 10.4. The maximum absolute atomic E-state index is 11.9. The third-order valence-corrected chi connectivity index (χ3v) is 4.22. The van der Waals surface area contributed by atoms with E-state index in [1.54, 1.807) is 11.7 Å². The Bertz CT molecular complexity index is 698. The van der Waals surface area contributed by atoms with Gasteiger partial charge in [0, 0.05) is 11.9 Å². The van der Waals surface area contributed by atoms with Crippen molar-refractivity contribution in [1.82, 2.24) is 9.78 Å². The van der Waals surface area contributed by atoms with Gasteiger partial charge in [-0.2, -0.15) is 5.10 Å². The van der Waals surface area contributed by atoms with Gasteiger partial charge in [0.05, 0.1) is 22.8 Å². The predicted molar refractivity (Wildman–Crippen MR) is 89.4 cm³/mol. The Hall–Kier alpha value is -2.28. The molecule has 0 saturated heterocycles. The van der Waals surface area contributed by atoms with Crippen LogP contribution in [0.3, 0.4) is 0 Å². The number of thioether (sulfide) groups is 1. The molecule has 0 bridgehead atoms. The monoisotopic (exact) mass is 333 g/mol. The number of aromatic nitrogens is 2. The molecule has 0 aliphatic rings. The minimum absolute atomic E-state index is 0.169. The topological polar surface area (TPSA) is 73.2 Å². The molecule has 23 heavy (non-hydrogen) atoms. The zero-order valence-electron chi connectivity index (χ0n) is 13.3. The van der Waals surface area contributed by atoms with Crippen molar-refractivity contribution in [3.8, 4) is 0 Å². The number of hydrogen-bond donors (Lipinski definition) is 1. The fourth-order valence-corrected chi connectivity index (χ4v) is 2.69. The lowest BCUT2D eigenvalue weighted by molar-refractivity contribution is -0.144. The Balaban J connectivity index is 1.76. The van der Waals surface area contributed by atoms with E-state index in [2.05, 4.69) is 10.4 Å². The second-order valence-electron chi connectivity index (χ2n) is 4.98. The van der Waals surface area contributed by atoms with Gasteiger partial charge >= 0.3 is 5.97 Å². The fraction of sp³-hybridized carbons (Fsp3) is 0.312. The summed E-state index contributed by atoms with van der Waals surface area (Å²) in [5.74, 6) is -0.627. The molecule has 6 nitrogen and oxygen atoms in total. The van der Waals surface area contributed by atoms with Crippen LogP contribution in [0.25, 0.3) is 0 Å². The van der Waals surface area contributed by atoms with Crippen LogP contribution in [0.1, 0.15) is 11.4 Å². The second-order valence-corrected chi connectivity index (χ2v) is 6.03. The highest BCUT2D eigenvalue weighted by Gasteiger charge is 2.14. The molecule has 0 spiro atoms. The Morgan fingerprint density at radius 2 is 1.96 bits per heavy atom. The lowest BCUT2D eigenvalue weighted by Crippen LogP contribution is -2.22. The van der Waals surface area contributed by atoms with E-state index in [0.29, 0.717) is 5.69 Å². The molecule has 1 aromatic carbocycles. The van der Waals surface area contributed by atoms with Gasteiger partial charge in [0.2, 0.25) is 0 Å². The average Bonchev–Trinajstić information content (AvgIpc) is 2.78. The van der Waals surface area contributed by atoms with Crippen molar-refractivity contribution < 1.29 is 14.3 Å². The predicted octanol–water partition coefficient (Wildman–Crippen LogP) is 2.31. The van der Waals surface area contributed by atoms with Crippen molar-refractivity contribution >= 4 is 29.3 Å². The van der Waals surface area contributed by atoms with Gasteiger partial charge in [-0.1, -0.05) is 18.2 Å². The molecule has 0 aliphatic carbocycles. The lowest BCUT2D eigenvalue weighted by Gasteiger charge is -2.07. The van der Waals surface area contributed by atoms with Crippen molar-refractivity contribution in [2.75, 3.05) is 17.7 Å². The average molecular weight is 333 g/mol. The molecule has 0 atom stereocenters. The molecular formula is C16H19N3O3S. The number of amides is 1. The van der Waals surface area contributed by atoms with Crippen LogP contribution in [-0.2, 0) is 21.4 Å². The lowest BCUT2D eigenvalue weighted by atomic mass is 10.3. The van der Waals surface area contributed by atoms with Crippen LogP contribution in [0.15, 0.2) is 35.2 Å². The second kappa shape index (κ2) is 7.82. The maximum Gasteiger partial charge on any atom is 0.316 e. The first kappa shape index (κ1) is 17.1. The molecule has 1 N–H and O–H groups in total. The molecule has 1 heterocycles. The van der Waals surface area contributed by atoms with Crippen LogP contribution < -0.4 is 5.32 Å². The van der Waals surface area contributed by atoms with Gasteiger partial charge < -0.3 is 10.1 Å². The highest BCUT2D eigenvalue weighted by molar-refractivity contribution is 8.00. The van der Waals surface area contributed by atoms with Gasteiger partial charge in [-0.3, -0.25) is 14.3 Å². The number of rotatable bonds is 6. The Morgan fingerprint density at radius 1 is 1.26 bits per heavy atom. The number of ether oxygens (including phenoxy) is 1. The molecule has 7 heteroatoms. The molecule has 1 aromatic heterocycles. The van der Waals surface area contributed by atoms with E-state index in [4.69, 9.17) is 4.74 Å². The summed E-state index contributed by atoms with van der Waals surface area (Å²) in [6, 6.07) is 9.55. The summed E-state index contributed by atoms with van der Waals surface area (Å²) in [5.41, 5.74) is 2.23. The summed E-state index contributed by atoms with van der Waals surface area (Å²) in [5, 5.41) is 6.93. The van der Waals surface area contributed by atoms with Crippen molar-refractivity contribution in [1.29, 1.82) is 0 Å². The Labute approximate surface area is 139 Å². The van der Waals surface area contributed by atoms with Gasteiger partial charge in [-0.05, 0) is 26.0 Å². The number of nitrogens with one attached hydrogen (secondary N) is 1. The quantitative estimate of drug-likeness (QED) is 0.649. The number of hydrogen-bond acceptors (Lipinski definition) is 5. The fourth-order valence-electron chi connectivity index (χ4n) is 1.98. The molecule has 0 saturated carbocycles. The van der Waals surface area contributed by atoms with Gasteiger partial charge in [0.1, 0.15) is 0 Å². The van der Waals surface area contributed by atoms with Crippen LogP contribution in [0.2, 0.25) is 0 Å². The van der Waals surface area contributed by atoms with E-state index < -0.39 is 5.97 Å². The minimum atomic E-state index is -0.423. The number of aryl methyl sites for hydroxylation is 2. The van der Waals surface area contributed by atoms with E-state index in [1.807, 2.05) is 44.2 Å². The van der Waals surface area contributed by atoms with Crippen molar-refractivity contribution in [2.24, 2.45) is 7.05 Å². The molecule has 0 aliphatic heterocycles. The minimum Gasteiger partial charge on any atom is -0.455 e. The summed E-state index contributed by atoms with van der Waals surface area (Å²) in [7, 11) is 1.80. The molecule has 0 radical (unpaired) electrons. The van der Waals surface area contributed by atoms with E-state index in [1.165, 1.54) is 11.8 Å². The van der Waals surface area contributed by atoms with Crippen LogP contribution in [-0.4, -0.2) is 34.0 Å². The van der Waals surface area contributed by atoms with Crippen LogP contribution in [0, 0.1) is 13.8 Å². The van der Waals surface area contributed by atoms with Gasteiger partial charge in [0.15, 0.2) is 6.61 Å². The highest BCUT2D eigenvalue weighted by atomic mass is 32.2.